The molecule has 136 valence electrons. The van der Waals surface area contributed by atoms with Gasteiger partial charge in [-0.1, -0.05) is 0 Å². The number of carbonyl (C=O) groups excluding carboxylic acids is 1. The monoisotopic (exact) mass is 342 g/mol. The molecule has 1 saturated heterocycles. The molecule has 9 atom stereocenters. The van der Waals surface area contributed by atoms with E-state index in [0.717, 1.165) is 0 Å². The summed E-state index contributed by atoms with van der Waals surface area (Å²) in [5.41, 5.74) is 0. The lowest BCUT2D eigenvalue weighted by atomic mass is 9.89. The predicted octanol–water partition coefficient (Wildman–Crippen LogP) is -6.17. The maximum atomic E-state index is 11.9. The quantitative estimate of drug-likeness (QED) is 0.212. The molecule has 1 heterocycles. The second-order valence-corrected chi connectivity index (χ2v) is 5.33. The number of aliphatic hydroxyl groups is 9. The summed E-state index contributed by atoms with van der Waals surface area (Å²) >= 11 is 0. The third kappa shape index (κ3) is 4.22. The fourth-order valence-electron chi connectivity index (χ4n) is 2.21. The molecule has 11 nitrogen and oxygen atoms in total. The summed E-state index contributed by atoms with van der Waals surface area (Å²) in [6, 6.07) is 0. The average molecular weight is 342 g/mol. The molecule has 1 rings (SSSR count). The first kappa shape index (κ1) is 20.3. The van der Waals surface area contributed by atoms with E-state index in [2.05, 4.69) is 0 Å². The first-order valence-electron chi connectivity index (χ1n) is 6.84. The summed E-state index contributed by atoms with van der Waals surface area (Å²) in [6.07, 6.45) is -17.1. The molecule has 11 heteroatoms. The minimum Gasteiger partial charge on any atom is -0.394 e. The Balaban J connectivity index is 2.85. The summed E-state index contributed by atoms with van der Waals surface area (Å²) in [4.78, 5) is 11.9. The molecule has 0 aromatic carbocycles. The van der Waals surface area contributed by atoms with Crippen LogP contribution in [0.5, 0.6) is 0 Å². The SMILES string of the molecule is O=C(C(O)C1O[C@H](CO)[C@@H](O)[C@H](O)[C@H]1O)[C@@H](O)[C@@H](O)[C@@H](O)CO. The van der Waals surface area contributed by atoms with Crippen LogP contribution in [-0.2, 0) is 9.53 Å². The van der Waals surface area contributed by atoms with Crippen LogP contribution < -0.4 is 0 Å². The van der Waals surface area contributed by atoms with Gasteiger partial charge < -0.3 is 50.7 Å². The Bertz CT molecular complexity index is 389. The molecule has 0 aromatic heterocycles. The maximum absolute atomic E-state index is 11.9. The lowest BCUT2D eigenvalue weighted by Crippen LogP contribution is -2.63. The van der Waals surface area contributed by atoms with E-state index >= 15 is 0 Å². The molecule has 0 aliphatic carbocycles. The molecule has 0 bridgehead atoms. The highest BCUT2D eigenvalue weighted by Crippen LogP contribution is 2.24. The summed E-state index contributed by atoms with van der Waals surface area (Å²) in [7, 11) is 0. The van der Waals surface area contributed by atoms with E-state index in [1.807, 2.05) is 0 Å². The van der Waals surface area contributed by atoms with Gasteiger partial charge in [-0.15, -0.1) is 0 Å². The molecular formula is C12H22O11. The van der Waals surface area contributed by atoms with E-state index in [4.69, 9.17) is 20.1 Å². The van der Waals surface area contributed by atoms with Gasteiger partial charge in [-0.05, 0) is 0 Å². The van der Waals surface area contributed by atoms with Crippen molar-refractivity contribution in [2.75, 3.05) is 13.2 Å². The molecule has 9 N–H and O–H groups in total. The summed E-state index contributed by atoms with van der Waals surface area (Å²) in [5.74, 6) is -1.45. The van der Waals surface area contributed by atoms with Crippen molar-refractivity contribution in [3.63, 3.8) is 0 Å². The van der Waals surface area contributed by atoms with Crippen LogP contribution in [0.1, 0.15) is 0 Å². The van der Waals surface area contributed by atoms with Gasteiger partial charge in [0.05, 0.1) is 13.2 Å². The highest BCUT2D eigenvalue weighted by molar-refractivity contribution is 5.88. The molecular weight excluding hydrogens is 320 g/mol. The number of rotatable bonds is 7. The van der Waals surface area contributed by atoms with Crippen molar-refractivity contribution >= 4 is 5.78 Å². The zero-order chi connectivity index (χ0) is 17.9. The first-order chi connectivity index (χ1) is 10.7. The van der Waals surface area contributed by atoms with Crippen LogP contribution in [-0.4, -0.2) is 120 Å². The van der Waals surface area contributed by atoms with Crippen molar-refractivity contribution < 1.29 is 55.5 Å². The average Bonchev–Trinajstić information content (AvgIpc) is 2.56. The van der Waals surface area contributed by atoms with Crippen molar-refractivity contribution in [1.29, 1.82) is 0 Å². The van der Waals surface area contributed by atoms with Crippen molar-refractivity contribution in [2.24, 2.45) is 0 Å². The van der Waals surface area contributed by atoms with Crippen molar-refractivity contribution in [2.45, 2.75) is 54.9 Å². The zero-order valence-corrected chi connectivity index (χ0v) is 12.0. The number of Topliss-reactive ketones (excluding diaryl/α,β-unsaturated/α-hetero) is 1. The predicted molar refractivity (Wildman–Crippen MR) is 69.9 cm³/mol. The van der Waals surface area contributed by atoms with E-state index in [-0.39, 0.29) is 0 Å². The van der Waals surface area contributed by atoms with Gasteiger partial charge in [-0.2, -0.15) is 0 Å². The van der Waals surface area contributed by atoms with Gasteiger partial charge in [0.2, 0.25) is 0 Å². The number of hydrogen-bond donors (Lipinski definition) is 9. The Morgan fingerprint density at radius 3 is 2.00 bits per heavy atom. The van der Waals surface area contributed by atoms with E-state index in [0.29, 0.717) is 0 Å². The number of ether oxygens (including phenoxy) is 1. The molecule has 1 aliphatic heterocycles. The molecule has 0 aromatic rings. The number of ketones is 1. The topological polar surface area (TPSA) is 208 Å². The van der Waals surface area contributed by atoms with E-state index in [1.54, 1.807) is 0 Å². The Morgan fingerprint density at radius 1 is 0.957 bits per heavy atom. The normalized spacial score (nSPS) is 37.0. The van der Waals surface area contributed by atoms with Gasteiger partial charge in [0.25, 0.3) is 0 Å². The number of hydrogen-bond acceptors (Lipinski definition) is 11. The number of carbonyl (C=O) groups is 1. The molecule has 0 saturated carbocycles. The smallest absolute Gasteiger partial charge is 0.195 e. The highest BCUT2D eigenvalue weighted by Gasteiger charge is 2.49. The van der Waals surface area contributed by atoms with Crippen LogP contribution in [0.2, 0.25) is 0 Å². The summed E-state index contributed by atoms with van der Waals surface area (Å²) < 4.78 is 4.94. The van der Waals surface area contributed by atoms with Gasteiger partial charge in [0.1, 0.15) is 54.9 Å². The Labute approximate surface area is 130 Å². The van der Waals surface area contributed by atoms with Gasteiger partial charge in [-0.25, -0.2) is 0 Å². The van der Waals surface area contributed by atoms with Gasteiger partial charge in [0.15, 0.2) is 5.78 Å². The van der Waals surface area contributed by atoms with Crippen molar-refractivity contribution in [3.05, 3.63) is 0 Å². The number of aliphatic hydroxyl groups excluding tert-OH is 9. The van der Waals surface area contributed by atoms with E-state index in [1.165, 1.54) is 0 Å². The lowest BCUT2D eigenvalue weighted by Gasteiger charge is -2.41. The fraction of sp³-hybridized carbons (Fsp3) is 0.917. The molecule has 0 amide bonds. The van der Waals surface area contributed by atoms with Crippen molar-refractivity contribution in [3.8, 4) is 0 Å². The largest absolute Gasteiger partial charge is 0.394 e. The Hall–Kier alpha value is -0.730. The van der Waals surface area contributed by atoms with Crippen LogP contribution in [0.3, 0.4) is 0 Å². The minimum atomic E-state index is -2.31. The van der Waals surface area contributed by atoms with E-state index in [9.17, 15) is 35.4 Å². The molecule has 1 fully saturated rings. The lowest BCUT2D eigenvalue weighted by molar-refractivity contribution is -0.248. The molecule has 0 radical (unpaired) electrons. The second-order valence-electron chi connectivity index (χ2n) is 5.33. The van der Waals surface area contributed by atoms with Crippen LogP contribution in [0.25, 0.3) is 0 Å². The van der Waals surface area contributed by atoms with Crippen LogP contribution in [0.15, 0.2) is 0 Å². The second kappa shape index (κ2) is 8.39. The van der Waals surface area contributed by atoms with Gasteiger partial charge in [-0.3, -0.25) is 4.79 Å². The van der Waals surface area contributed by atoms with Crippen molar-refractivity contribution in [1.82, 2.24) is 0 Å². The Morgan fingerprint density at radius 2 is 1.52 bits per heavy atom. The fourth-order valence-corrected chi connectivity index (χ4v) is 2.21. The van der Waals surface area contributed by atoms with Gasteiger partial charge >= 0.3 is 0 Å². The summed E-state index contributed by atoms with van der Waals surface area (Å²) in [6.45, 7) is -1.74. The molecule has 1 aliphatic rings. The maximum Gasteiger partial charge on any atom is 0.195 e. The van der Waals surface area contributed by atoms with Crippen LogP contribution >= 0.6 is 0 Å². The minimum absolute atomic E-state index is 0.781. The third-order valence-corrected chi connectivity index (χ3v) is 3.73. The van der Waals surface area contributed by atoms with E-state index < -0.39 is 73.9 Å². The zero-order valence-electron chi connectivity index (χ0n) is 12.0. The summed E-state index contributed by atoms with van der Waals surface area (Å²) in [5, 5.41) is 84.6. The van der Waals surface area contributed by atoms with Gasteiger partial charge in [0, 0.05) is 0 Å². The third-order valence-electron chi connectivity index (χ3n) is 3.73. The first-order valence-corrected chi connectivity index (χ1v) is 6.84. The molecule has 2 unspecified atom stereocenters. The van der Waals surface area contributed by atoms with Crippen LogP contribution in [0.4, 0.5) is 0 Å². The standard InChI is InChI=1S/C12H22O11/c13-1-3(15)5(16)7(18)9(20)11(22)12-10(21)8(19)6(17)4(2-14)23-12/h3-8,10-19,21-22H,1-2H2/t3-,4+,5-,6+,7-,8-,10+,11?,12?/m0/s1. The molecule has 0 spiro atoms. The highest BCUT2D eigenvalue weighted by atomic mass is 16.6. The molecule has 23 heavy (non-hydrogen) atoms. The van der Waals surface area contributed by atoms with Crippen LogP contribution in [0, 0.1) is 0 Å². The Kier molecular flexibility index (Phi) is 7.41.